The Kier molecular flexibility index (Phi) is 6.11. The van der Waals surface area contributed by atoms with E-state index >= 15 is 0 Å². The van der Waals surface area contributed by atoms with Gasteiger partial charge in [0.25, 0.3) is 10.0 Å². The lowest BCUT2D eigenvalue weighted by atomic mass is 10.2. The first-order valence-electron chi connectivity index (χ1n) is 8.11. The number of sulfonamides is 1. The third-order valence-electron chi connectivity index (χ3n) is 3.65. The molecule has 0 aliphatic rings. The van der Waals surface area contributed by atoms with Crippen LogP contribution in [0.15, 0.2) is 88.9 Å². The SMILES string of the molecule is O=S(=O)(NN=Cc1cccc(OCc2ccccc2Cl)c1)c1ccccc1. The molecule has 0 bridgehead atoms. The Morgan fingerprint density at radius 1 is 0.963 bits per heavy atom. The molecule has 138 valence electrons. The molecule has 0 saturated heterocycles. The van der Waals surface area contributed by atoms with Gasteiger partial charge in [-0.25, -0.2) is 4.83 Å². The summed E-state index contributed by atoms with van der Waals surface area (Å²) in [5, 5.41) is 4.47. The number of rotatable bonds is 7. The molecule has 0 atom stereocenters. The number of hydrazone groups is 1. The Bertz CT molecular complexity index is 1040. The standard InChI is InChI=1S/C20H17ClN2O3S/c21-20-12-5-4-8-17(20)15-26-18-9-6-7-16(13-18)14-22-23-27(24,25)19-10-2-1-3-11-19/h1-14,23H,15H2. The lowest BCUT2D eigenvalue weighted by Crippen LogP contribution is -2.18. The summed E-state index contributed by atoms with van der Waals surface area (Å²) in [4.78, 5) is 2.34. The van der Waals surface area contributed by atoms with Crippen molar-refractivity contribution in [3.63, 3.8) is 0 Å². The van der Waals surface area contributed by atoms with E-state index in [1.807, 2.05) is 30.3 Å². The van der Waals surface area contributed by atoms with Gasteiger partial charge in [-0.05, 0) is 35.9 Å². The van der Waals surface area contributed by atoms with E-state index in [1.165, 1.54) is 18.3 Å². The molecule has 0 aromatic heterocycles. The van der Waals surface area contributed by atoms with Crippen molar-refractivity contribution in [2.75, 3.05) is 0 Å². The fraction of sp³-hybridized carbons (Fsp3) is 0.0500. The molecular weight excluding hydrogens is 384 g/mol. The number of hydrogen-bond acceptors (Lipinski definition) is 4. The average molecular weight is 401 g/mol. The van der Waals surface area contributed by atoms with Crippen LogP contribution >= 0.6 is 11.6 Å². The Labute approximate surface area is 163 Å². The molecule has 0 unspecified atom stereocenters. The molecule has 0 spiro atoms. The van der Waals surface area contributed by atoms with Gasteiger partial charge in [0.1, 0.15) is 12.4 Å². The molecule has 27 heavy (non-hydrogen) atoms. The Balaban J connectivity index is 1.64. The minimum absolute atomic E-state index is 0.152. The molecule has 0 radical (unpaired) electrons. The monoisotopic (exact) mass is 400 g/mol. The van der Waals surface area contributed by atoms with Gasteiger partial charge in [0, 0.05) is 10.6 Å². The molecule has 7 heteroatoms. The number of nitrogens with one attached hydrogen (secondary N) is 1. The summed E-state index contributed by atoms with van der Waals surface area (Å²) in [6.45, 7) is 0.334. The van der Waals surface area contributed by atoms with Crippen LogP contribution in [0.5, 0.6) is 5.75 Å². The van der Waals surface area contributed by atoms with Crippen LogP contribution in [0.1, 0.15) is 11.1 Å². The normalized spacial score (nSPS) is 11.4. The predicted octanol–water partition coefficient (Wildman–Crippen LogP) is 4.23. The first-order valence-corrected chi connectivity index (χ1v) is 9.97. The molecule has 0 fully saturated rings. The van der Waals surface area contributed by atoms with Crippen molar-refractivity contribution in [3.8, 4) is 5.75 Å². The van der Waals surface area contributed by atoms with E-state index in [2.05, 4.69) is 9.93 Å². The summed E-state index contributed by atoms with van der Waals surface area (Å²) < 4.78 is 30.0. The molecular formula is C20H17ClN2O3S. The predicted molar refractivity (Wildman–Crippen MR) is 107 cm³/mol. The van der Waals surface area contributed by atoms with Crippen LogP contribution < -0.4 is 9.57 Å². The van der Waals surface area contributed by atoms with Gasteiger partial charge in [-0.3, -0.25) is 0 Å². The minimum Gasteiger partial charge on any atom is -0.489 e. The minimum atomic E-state index is -3.69. The molecule has 0 saturated carbocycles. The highest BCUT2D eigenvalue weighted by molar-refractivity contribution is 7.89. The fourth-order valence-electron chi connectivity index (χ4n) is 2.28. The maximum atomic E-state index is 12.1. The van der Waals surface area contributed by atoms with Gasteiger partial charge < -0.3 is 4.74 Å². The summed E-state index contributed by atoms with van der Waals surface area (Å²) in [7, 11) is -3.69. The van der Waals surface area contributed by atoms with Crippen LogP contribution in [0.2, 0.25) is 5.02 Å². The van der Waals surface area contributed by atoms with E-state index in [0.29, 0.717) is 22.9 Å². The van der Waals surface area contributed by atoms with Crippen molar-refractivity contribution in [1.82, 2.24) is 4.83 Å². The van der Waals surface area contributed by atoms with E-state index in [9.17, 15) is 8.42 Å². The largest absolute Gasteiger partial charge is 0.489 e. The van der Waals surface area contributed by atoms with Crippen LogP contribution in [0.25, 0.3) is 0 Å². The first kappa shape index (κ1) is 18.9. The fourth-order valence-corrected chi connectivity index (χ4v) is 3.29. The van der Waals surface area contributed by atoms with Gasteiger partial charge in [-0.1, -0.05) is 60.1 Å². The highest BCUT2D eigenvalue weighted by Gasteiger charge is 2.11. The number of benzene rings is 3. The summed E-state index contributed by atoms with van der Waals surface area (Å²) in [6.07, 6.45) is 1.42. The maximum absolute atomic E-state index is 12.1. The smallest absolute Gasteiger partial charge is 0.276 e. The van der Waals surface area contributed by atoms with Gasteiger partial charge in [0.15, 0.2) is 0 Å². The molecule has 3 aromatic carbocycles. The van der Waals surface area contributed by atoms with E-state index in [0.717, 1.165) is 5.56 Å². The van der Waals surface area contributed by atoms with E-state index in [-0.39, 0.29) is 4.90 Å². The van der Waals surface area contributed by atoms with Crippen molar-refractivity contribution in [2.24, 2.45) is 5.10 Å². The molecule has 0 aliphatic heterocycles. The first-order chi connectivity index (χ1) is 13.0. The maximum Gasteiger partial charge on any atom is 0.276 e. The number of hydrogen-bond donors (Lipinski definition) is 1. The Hall–Kier alpha value is -2.83. The van der Waals surface area contributed by atoms with Gasteiger partial charge in [0.2, 0.25) is 0 Å². The zero-order chi connectivity index (χ0) is 19.1. The molecule has 0 heterocycles. The second-order valence-electron chi connectivity index (χ2n) is 5.62. The van der Waals surface area contributed by atoms with Crippen LogP contribution in [0, 0.1) is 0 Å². The van der Waals surface area contributed by atoms with Crippen LogP contribution in [-0.2, 0) is 16.6 Å². The van der Waals surface area contributed by atoms with Crippen LogP contribution in [-0.4, -0.2) is 14.6 Å². The lowest BCUT2D eigenvalue weighted by molar-refractivity contribution is 0.306. The van der Waals surface area contributed by atoms with E-state index < -0.39 is 10.0 Å². The third-order valence-corrected chi connectivity index (χ3v) is 5.26. The highest BCUT2D eigenvalue weighted by atomic mass is 35.5. The molecule has 1 N–H and O–H groups in total. The highest BCUT2D eigenvalue weighted by Crippen LogP contribution is 2.19. The summed E-state index contributed by atoms with van der Waals surface area (Å²) in [5.41, 5.74) is 1.58. The molecule has 3 aromatic rings. The second kappa shape index (κ2) is 8.70. The zero-order valence-corrected chi connectivity index (χ0v) is 15.8. The quantitative estimate of drug-likeness (QED) is 0.476. The van der Waals surface area contributed by atoms with Crippen molar-refractivity contribution < 1.29 is 13.2 Å². The number of ether oxygens (including phenoxy) is 1. The molecule has 0 aliphatic carbocycles. The third kappa shape index (κ3) is 5.32. The van der Waals surface area contributed by atoms with Gasteiger partial charge in [-0.15, -0.1) is 0 Å². The van der Waals surface area contributed by atoms with E-state index in [4.69, 9.17) is 16.3 Å². The van der Waals surface area contributed by atoms with Gasteiger partial charge >= 0.3 is 0 Å². The lowest BCUT2D eigenvalue weighted by Gasteiger charge is -2.08. The van der Waals surface area contributed by atoms with Gasteiger partial charge in [-0.2, -0.15) is 13.5 Å². The van der Waals surface area contributed by atoms with E-state index in [1.54, 1.807) is 36.4 Å². The Morgan fingerprint density at radius 3 is 2.48 bits per heavy atom. The summed E-state index contributed by atoms with van der Waals surface area (Å²) in [6, 6.07) is 22.7. The van der Waals surface area contributed by atoms with Crippen LogP contribution in [0.3, 0.4) is 0 Å². The van der Waals surface area contributed by atoms with Crippen molar-refractivity contribution in [1.29, 1.82) is 0 Å². The number of nitrogens with zero attached hydrogens (tertiary/aromatic N) is 1. The molecule has 3 rings (SSSR count). The molecule has 0 amide bonds. The Morgan fingerprint density at radius 2 is 1.70 bits per heavy atom. The topological polar surface area (TPSA) is 67.8 Å². The van der Waals surface area contributed by atoms with Crippen molar-refractivity contribution in [3.05, 3.63) is 95.0 Å². The second-order valence-corrected chi connectivity index (χ2v) is 7.69. The van der Waals surface area contributed by atoms with Crippen molar-refractivity contribution in [2.45, 2.75) is 11.5 Å². The average Bonchev–Trinajstić information content (AvgIpc) is 2.68. The zero-order valence-electron chi connectivity index (χ0n) is 14.2. The number of halogens is 1. The summed E-state index contributed by atoms with van der Waals surface area (Å²) >= 11 is 6.12. The van der Waals surface area contributed by atoms with Crippen molar-refractivity contribution >= 4 is 27.8 Å². The summed E-state index contributed by atoms with van der Waals surface area (Å²) in [5.74, 6) is 0.629. The van der Waals surface area contributed by atoms with Crippen LogP contribution in [0.4, 0.5) is 0 Å². The van der Waals surface area contributed by atoms with Gasteiger partial charge in [0.05, 0.1) is 11.1 Å². The molecule has 5 nitrogen and oxygen atoms in total.